The zero-order valence-corrected chi connectivity index (χ0v) is 16.5. The molecule has 8 nitrogen and oxygen atoms in total. The lowest BCUT2D eigenvalue weighted by atomic mass is 10.0. The van der Waals surface area contributed by atoms with Gasteiger partial charge in [0.1, 0.15) is 0 Å². The largest absolute Gasteiger partial charge is 0.392 e. The van der Waals surface area contributed by atoms with E-state index in [-0.39, 0.29) is 12.5 Å². The average Bonchev–Trinajstić information content (AvgIpc) is 2.80. The number of hydrogen-bond acceptors (Lipinski definition) is 7. The Morgan fingerprint density at radius 1 is 1.06 bits per heavy atom. The van der Waals surface area contributed by atoms with E-state index in [1.165, 1.54) is 0 Å². The molecule has 1 amide bonds. The summed E-state index contributed by atoms with van der Waals surface area (Å²) in [7, 11) is 0. The van der Waals surface area contributed by atoms with Gasteiger partial charge in [-0.1, -0.05) is 24.3 Å². The number of nitrogens with zero attached hydrogens (tertiary/aromatic N) is 3. The Morgan fingerprint density at radius 3 is 2.55 bits per heavy atom. The molecule has 0 saturated carbocycles. The summed E-state index contributed by atoms with van der Waals surface area (Å²) in [6.45, 7) is -0.0493. The van der Waals surface area contributed by atoms with Crippen LogP contribution in [0, 0.1) is 0 Å². The molecular weight excluding hydrogens is 392 g/mol. The summed E-state index contributed by atoms with van der Waals surface area (Å²) in [6.07, 6.45) is 4.83. The molecule has 8 heteroatoms. The first kappa shape index (κ1) is 20.0. The highest BCUT2D eigenvalue weighted by molar-refractivity contribution is 6.09. The van der Waals surface area contributed by atoms with E-state index in [0.29, 0.717) is 22.9 Å². The molecule has 1 aromatic heterocycles. The van der Waals surface area contributed by atoms with Crippen LogP contribution in [0.15, 0.2) is 78.2 Å². The Labute approximate surface area is 178 Å². The lowest BCUT2D eigenvalue weighted by molar-refractivity contribution is 0.102. The molecule has 1 heterocycles. The van der Waals surface area contributed by atoms with Gasteiger partial charge in [-0.15, -0.1) is 0 Å². The first-order chi connectivity index (χ1) is 15.2. The molecular formula is C23H20N6O2. The molecule has 4 aromatic rings. The smallest absolute Gasteiger partial charge is 0.255 e. The van der Waals surface area contributed by atoms with Gasteiger partial charge in [-0.2, -0.15) is 5.10 Å². The number of aliphatic hydroxyl groups excluding tert-OH is 1. The summed E-state index contributed by atoms with van der Waals surface area (Å²) in [4.78, 5) is 21.3. The lowest BCUT2D eigenvalue weighted by Gasteiger charge is -2.13. The van der Waals surface area contributed by atoms with Crippen molar-refractivity contribution in [1.29, 1.82) is 0 Å². The summed E-state index contributed by atoms with van der Waals surface area (Å²) < 4.78 is 0. The zero-order valence-electron chi connectivity index (χ0n) is 16.5. The van der Waals surface area contributed by atoms with Gasteiger partial charge in [0.2, 0.25) is 5.95 Å². The second-order valence-corrected chi connectivity index (χ2v) is 6.79. The van der Waals surface area contributed by atoms with Crippen molar-refractivity contribution in [2.45, 2.75) is 6.61 Å². The van der Waals surface area contributed by atoms with Gasteiger partial charge in [-0.25, -0.2) is 9.97 Å². The molecule has 0 spiro atoms. The third-order valence-electron chi connectivity index (χ3n) is 4.67. The monoisotopic (exact) mass is 412 g/mol. The summed E-state index contributed by atoms with van der Waals surface area (Å²) in [5, 5.41) is 20.5. The van der Waals surface area contributed by atoms with Crippen LogP contribution in [0.5, 0.6) is 0 Å². The summed E-state index contributed by atoms with van der Waals surface area (Å²) in [5.41, 5.74) is 3.38. The van der Waals surface area contributed by atoms with Gasteiger partial charge in [-0.05, 0) is 52.9 Å². The first-order valence-corrected chi connectivity index (χ1v) is 9.52. The van der Waals surface area contributed by atoms with Gasteiger partial charge in [0.05, 0.1) is 12.8 Å². The van der Waals surface area contributed by atoms with Gasteiger partial charge in [0, 0.05) is 34.7 Å². The third-order valence-corrected chi connectivity index (χ3v) is 4.67. The van der Waals surface area contributed by atoms with Crippen LogP contribution in [0.2, 0.25) is 0 Å². The number of carbonyl (C=O) groups is 1. The fourth-order valence-electron chi connectivity index (χ4n) is 3.16. The van der Waals surface area contributed by atoms with Gasteiger partial charge >= 0.3 is 0 Å². The molecule has 0 fully saturated rings. The molecule has 0 atom stereocenters. The summed E-state index contributed by atoms with van der Waals surface area (Å²) in [6, 6.07) is 18.0. The summed E-state index contributed by atoms with van der Waals surface area (Å²) in [5.74, 6) is 5.44. The number of rotatable bonds is 6. The van der Waals surface area contributed by atoms with Gasteiger partial charge < -0.3 is 21.6 Å². The van der Waals surface area contributed by atoms with Crippen LogP contribution in [0.4, 0.5) is 17.3 Å². The first-order valence-electron chi connectivity index (χ1n) is 9.52. The average molecular weight is 412 g/mol. The van der Waals surface area contributed by atoms with Crippen LogP contribution in [-0.2, 0) is 6.61 Å². The maximum atomic E-state index is 12.9. The number of aliphatic hydroxyl groups is 1. The zero-order chi connectivity index (χ0) is 21.6. The van der Waals surface area contributed by atoms with E-state index < -0.39 is 0 Å². The van der Waals surface area contributed by atoms with Crippen molar-refractivity contribution >= 4 is 40.2 Å². The minimum absolute atomic E-state index is 0.0493. The Bertz CT molecular complexity index is 1240. The number of benzene rings is 3. The lowest BCUT2D eigenvalue weighted by Crippen LogP contribution is -2.12. The third kappa shape index (κ3) is 4.65. The second kappa shape index (κ2) is 9.02. The molecule has 31 heavy (non-hydrogen) atoms. The van der Waals surface area contributed by atoms with E-state index in [1.54, 1.807) is 55.0 Å². The van der Waals surface area contributed by atoms with Crippen LogP contribution in [0.1, 0.15) is 21.5 Å². The highest BCUT2D eigenvalue weighted by Gasteiger charge is 2.12. The van der Waals surface area contributed by atoms with Crippen molar-refractivity contribution in [3.63, 3.8) is 0 Å². The Balaban J connectivity index is 1.72. The molecule has 0 bridgehead atoms. The topological polar surface area (TPSA) is 126 Å². The Morgan fingerprint density at radius 2 is 1.84 bits per heavy atom. The Kier molecular flexibility index (Phi) is 5.82. The van der Waals surface area contributed by atoms with Gasteiger partial charge in [0.25, 0.3) is 5.91 Å². The Hall–Kier alpha value is -4.30. The molecule has 0 aliphatic rings. The van der Waals surface area contributed by atoms with Crippen molar-refractivity contribution in [2.24, 2.45) is 10.9 Å². The molecule has 3 aromatic carbocycles. The molecule has 0 radical (unpaired) electrons. The van der Waals surface area contributed by atoms with Crippen LogP contribution < -0.4 is 16.5 Å². The number of aromatic nitrogens is 2. The van der Waals surface area contributed by atoms with Crippen molar-refractivity contribution in [3.05, 3.63) is 89.7 Å². The van der Waals surface area contributed by atoms with E-state index in [9.17, 15) is 9.90 Å². The minimum Gasteiger partial charge on any atom is -0.392 e. The van der Waals surface area contributed by atoms with E-state index >= 15 is 0 Å². The number of nitrogens with one attached hydrogen (secondary N) is 2. The predicted octanol–water partition coefficient (Wildman–Crippen LogP) is 3.41. The van der Waals surface area contributed by atoms with Gasteiger partial charge in [-0.3, -0.25) is 4.79 Å². The highest BCUT2D eigenvalue weighted by atomic mass is 16.3. The number of amides is 1. The van der Waals surface area contributed by atoms with Crippen LogP contribution in [-0.4, -0.2) is 27.2 Å². The normalized spacial score (nSPS) is 11.0. The molecule has 0 aliphatic heterocycles. The molecule has 0 saturated heterocycles. The number of anilines is 3. The number of nitrogens with two attached hydrogens (primary N) is 1. The maximum absolute atomic E-state index is 12.9. The summed E-state index contributed by atoms with van der Waals surface area (Å²) >= 11 is 0. The van der Waals surface area contributed by atoms with Crippen LogP contribution in [0.3, 0.4) is 0 Å². The van der Waals surface area contributed by atoms with E-state index in [2.05, 4.69) is 25.7 Å². The number of hydrogen-bond donors (Lipinski definition) is 4. The molecule has 4 rings (SSSR count). The number of fused-ring (bicyclic) bond motifs is 1. The quantitative estimate of drug-likeness (QED) is 0.218. The van der Waals surface area contributed by atoms with E-state index in [1.807, 2.05) is 24.3 Å². The number of hydrazone groups is 1. The van der Waals surface area contributed by atoms with Gasteiger partial charge in [0.15, 0.2) is 0 Å². The standard InChI is InChI=1S/C23H20N6O2/c24-27-13-16-2-5-17-11-18(22(31)28-19-6-3-15(14-30)4-7-19)12-21(20(17)10-16)29-23-25-8-1-9-26-23/h1-13,30H,14,24H2,(H,28,31)(H,25,26,29). The predicted molar refractivity (Wildman–Crippen MR) is 121 cm³/mol. The van der Waals surface area contributed by atoms with E-state index in [0.717, 1.165) is 21.9 Å². The molecule has 5 N–H and O–H groups in total. The van der Waals surface area contributed by atoms with Crippen LogP contribution in [0.25, 0.3) is 10.8 Å². The maximum Gasteiger partial charge on any atom is 0.255 e. The SMILES string of the molecule is NN=Cc1ccc2cc(C(=O)Nc3ccc(CO)cc3)cc(Nc3ncccn3)c2c1. The van der Waals surface area contributed by atoms with Crippen molar-refractivity contribution in [3.8, 4) is 0 Å². The van der Waals surface area contributed by atoms with Crippen molar-refractivity contribution in [1.82, 2.24) is 9.97 Å². The van der Waals surface area contributed by atoms with E-state index in [4.69, 9.17) is 5.84 Å². The second-order valence-electron chi connectivity index (χ2n) is 6.79. The number of carbonyl (C=O) groups excluding carboxylic acids is 1. The van der Waals surface area contributed by atoms with Crippen LogP contribution >= 0.6 is 0 Å². The van der Waals surface area contributed by atoms with Crippen molar-refractivity contribution in [2.75, 3.05) is 10.6 Å². The fourth-order valence-corrected chi connectivity index (χ4v) is 3.16. The fraction of sp³-hybridized carbons (Fsp3) is 0.0435. The highest BCUT2D eigenvalue weighted by Crippen LogP contribution is 2.29. The molecule has 154 valence electrons. The molecule has 0 unspecified atom stereocenters. The molecule has 0 aliphatic carbocycles. The van der Waals surface area contributed by atoms with Crippen molar-refractivity contribution < 1.29 is 9.90 Å². The minimum atomic E-state index is -0.261.